The summed E-state index contributed by atoms with van der Waals surface area (Å²) in [6, 6.07) is 23.2. The molecule has 1 atom stereocenters. The van der Waals surface area contributed by atoms with Gasteiger partial charge in [-0.15, -0.1) is 0 Å². The van der Waals surface area contributed by atoms with Gasteiger partial charge < -0.3 is 16.0 Å². The molecule has 0 aliphatic carbocycles. The highest BCUT2D eigenvalue weighted by Crippen LogP contribution is 2.38. The number of nitro benzene ring substituents is 1. The number of rotatable bonds is 6. The predicted octanol–water partition coefficient (Wildman–Crippen LogP) is 4.97. The van der Waals surface area contributed by atoms with Crippen molar-refractivity contribution in [1.82, 2.24) is 9.78 Å². The van der Waals surface area contributed by atoms with Gasteiger partial charge in [-0.25, -0.2) is 4.68 Å². The largest absolute Gasteiger partial charge is 0.343 e. The number of hydrogen-bond donors (Lipinski definition) is 3. The molecule has 0 saturated heterocycles. The zero-order chi connectivity index (χ0) is 25.9. The predicted molar refractivity (Wildman–Crippen MR) is 139 cm³/mol. The first-order chi connectivity index (χ1) is 17.9. The van der Waals surface area contributed by atoms with Crippen molar-refractivity contribution in [3.05, 3.63) is 124 Å². The molecule has 37 heavy (non-hydrogen) atoms. The SMILES string of the molecule is CC1=C(C(=O)Nc2ccccc2)C(c2cccc([N+](=O)[O-])c2)n2ncc(C(=O)Nc3ccccc3)c2N1. The van der Waals surface area contributed by atoms with Crippen molar-refractivity contribution in [2.45, 2.75) is 13.0 Å². The van der Waals surface area contributed by atoms with Crippen LogP contribution in [0.25, 0.3) is 0 Å². The fourth-order valence-electron chi connectivity index (χ4n) is 4.27. The number of anilines is 3. The maximum absolute atomic E-state index is 13.5. The van der Waals surface area contributed by atoms with Crippen LogP contribution < -0.4 is 16.0 Å². The van der Waals surface area contributed by atoms with Crippen molar-refractivity contribution in [2.75, 3.05) is 16.0 Å². The standard InChI is InChI=1S/C27H22N6O4/c1-17-23(27(35)31-20-12-6-3-7-13-20)24(18-9-8-14-21(15-18)33(36)37)32-25(29-17)22(16-28-32)26(34)30-19-10-4-2-5-11-19/h2-16,24,29H,1H3,(H,30,34)(H,31,35). The number of nitrogens with one attached hydrogen (secondary N) is 3. The maximum Gasteiger partial charge on any atom is 0.269 e. The molecule has 0 radical (unpaired) electrons. The Morgan fingerprint density at radius 3 is 2.16 bits per heavy atom. The Hall–Kier alpha value is -5.25. The molecule has 10 nitrogen and oxygen atoms in total. The highest BCUT2D eigenvalue weighted by atomic mass is 16.6. The number of hydrogen-bond acceptors (Lipinski definition) is 6. The van der Waals surface area contributed by atoms with Crippen LogP contribution in [-0.2, 0) is 4.79 Å². The minimum atomic E-state index is -0.821. The van der Waals surface area contributed by atoms with Crippen LogP contribution in [0.4, 0.5) is 22.9 Å². The molecule has 3 aromatic carbocycles. The molecule has 2 amide bonds. The molecule has 0 fully saturated rings. The lowest BCUT2D eigenvalue weighted by Gasteiger charge is -2.30. The lowest BCUT2D eigenvalue weighted by Crippen LogP contribution is -2.32. The van der Waals surface area contributed by atoms with Crippen molar-refractivity contribution >= 4 is 34.7 Å². The summed E-state index contributed by atoms with van der Waals surface area (Å²) in [4.78, 5) is 37.6. The molecule has 0 saturated carbocycles. The molecule has 5 rings (SSSR count). The monoisotopic (exact) mass is 494 g/mol. The second-order valence-electron chi connectivity index (χ2n) is 8.41. The first kappa shape index (κ1) is 23.5. The number of carbonyl (C=O) groups is 2. The highest BCUT2D eigenvalue weighted by molar-refractivity contribution is 6.09. The molecule has 10 heteroatoms. The summed E-state index contributed by atoms with van der Waals surface area (Å²) in [5.74, 6) is -0.412. The second-order valence-corrected chi connectivity index (χ2v) is 8.41. The highest BCUT2D eigenvalue weighted by Gasteiger charge is 2.36. The molecule has 184 valence electrons. The smallest absolute Gasteiger partial charge is 0.269 e. The summed E-state index contributed by atoms with van der Waals surface area (Å²) >= 11 is 0. The average Bonchev–Trinajstić information content (AvgIpc) is 3.32. The van der Waals surface area contributed by atoms with Gasteiger partial charge in [0.25, 0.3) is 17.5 Å². The lowest BCUT2D eigenvalue weighted by molar-refractivity contribution is -0.384. The van der Waals surface area contributed by atoms with E-state index in [2.05, 4.69) is 21.0 Å². The average molecular weight is 495 g/mol. The van der Waals surface area contributed by atoms with E-state index in [9.17, 15) is 19.7 Å². The molecule has 1 unspecified atom stereocenters. The molecule has 0 spiro atoms. The van der Waals surface area contributed by atoms with Gasteiger partial charge in [-0.1, -0.05) is 48.5 Å². The fourth-order valence-corrected chi connectivity index (χ4v) is 4.27. The van der Waals surface area contributed by atoms with E-state index < -0.39 is 16.9 Å². The van der Waals surface area contributed by atoms with Crippen LogP contribution in [0.2, 0.25) is 0 Å². The van der Waals surface area contributed by atoms with E-state index in [0.717, 1.165) is 0 Å². The molecular weight excluding hydrogens is 472 g/mol. The van der Waals surface area contributed by atoms with E-state index in [0.29, 0.717) is 34.0 Å². The first-order valence-electron chi connectivity index (χ1n) is 11.4. The molecule has 1 aliphatic heterocycles. The quantitative estimate of drug-likeness (QED) is 0.256. The van der Waals surface area contributed by atoms with Gasteiger partial charge in [0.05, 0.1) is 16.7 Å². The van der Waals surface area contributed by atoms with Crippen molar-refractivity contribution in [3.8, 4) is 0 Å². The molecule has 1 aromatic heterocycles. The minimum Gasteiger partial charge on any atom is -0.343 e. The minimum absolute atomic E-state index is 0.118. The number of nitro groups is 1. The van der Waals surface area contributed by atoms with Crippen LogP contribution in [0.5, 0.6) is 0 Å². The Balaban J connectivity index is 1.58. The first-order valence-corrected chi connectivity index (χ1v) is 11.4. The van der Waals surface area contributed by atoms with Gasteiger partial charge in [0.2, 0.25) is 0 Å². The van der Waals surface area contributed by atoms with Crippen LogP contribution in [0.3, 0.4) is 0 Å². The number of nitrogens with zero attached hydrogens (tertiary/aromatic N) is 3. The summed E-state index contributed by atoms with van der Waals surface area (Å²) in [7, 11) is 0. The number of non-ortho nitro benzene ring substituents is 1. The van der Waals surface area contributed by atoms with Gasteiger partial charge >= 0.3 is 0 Å². The Morgan fingerprint density at radius 1 is 0.919 bits per heavy atom. The van der Waals surface area contributed by atoms with Gasteiger partial charge in [-0.3, -0.25) is 19.7 Å². The summed E-state index contributed by atoms with van der Waals surface area (Å²) in [5, 5.41) is 24.8. The Kier molecular flexibility index (Phi) is 6.21. The summed E-state index contributed by atoms with van der Waals surface area (Å²) in [6.07, 6.45) is 1.41. The van der Waals surface area contributed by atoms with Crippen LogP contribution in [0.1, 0.15) is 28.9 Å². The zero-order valence-electron chi connectivity index (χ0n) is 19.7. The third-order valence-electron chi connectivity index (χ3n) is 5.97. The summed E-state index contributed by atoms with van der Waals surface area (Å²) in [5.41, 5.74) is 2.65. The molecule has 2 heterocycles. The van der Waals surface area contributed by atoms with Gasteiger partial charge in [0.15, 0.2) is 0 Å². The van der Waals surface area contributed by atoms with E-state index in [1.54, 1.807) is 55.5 Å². The third kappa shape index (κ3) is 4.67. The van der Waals surface area contributed by atoms with Crippen LogP contribution in [-0.4, -0.2) is 26.5 Å². The Morgan fingerprint density at radius 2 is 1.54 bits per heavy atom. The van der Waals surface area contributed by atoms with Gasteiger partial charge in [0, 0.05) is 29.2 Å². The molecule has 1 aliphatic rings. The number of carbonyl (C=O) groups excluding carboxylic acids is 2. The van der Waals surface area contributed by atoms with Crippen molar-refractivity contribution < 1.29 is 14.5 Å². The topological polar surface area (TPSA) is 131 Å². The van der Waals surface area contributed by atoms with Gasteiger partial charge in [-0.2, -0.15) is 5.10 Å². The number of para-hydroxylation sites is 2. The summed E-state index contributed by atoms with van der Waals surface area (Å²) < 4.78 is 1.51. The van der Waals surface area contributed by atoms with E-state index in [-0.39, 0.29) is 17.2 Å². The third-order valence-corrected chi connectivity index (χ3v) is 5.97. The van der Waals surface area contributed by atoms with E-state index in [4.69, 9.17) is 0 Å². The lowest BCUT2D eigenvalue weighted by atomic mass is 9.94. The van der Waals surface area contributed by atoms with Crippen molar-refractivity contribution in [2.24, 2.45) is 0 Å². The fraction of sp³-hybridized carbons (Fsp3) is 0.0741. The Bertz CT molecular complexity index is 1530. The van der Waals surface area contributed by atoms with E-state index in [1.807, 2.05) is 24.3 Å². The number of amides is 2. The maximum atomic E-state index is 13.5. The molecule has 4 aromatic rings. The number of benzene rings is 3. The van der Waals surface area contributed by atoms with Crippen LogP contribution >= 0.6 is 0 Å². The number of aromatic nitrogens is 2. The molecule has 0 bridgehead atoms. The molecular formula is C27H22N6O4. The van der Waals surface area contributed by atoms with Crippen LogP contribution in [0.15, 0.2) is 102 Å². The number of allylic oxidation sites excluding steroid dienone is 1. The van der Waals surface area contributed by atoms with E-state index in [1.165, 1.54) is 23.0 Å². The van der Waals surface area contributed by atoms with Gasteiger partial charge in [-0.05, 0) is 36.8 Å². The van der Waals surface area contributed by atoms with Gasteiger partial charge in [0.1, 0.15) is 17.4 Å². The second kappa shape index (κ2) is 9.78. The Labute approximate surface area is 211 Å². The molecule has 3 N–H and O–H groups in total. The van der Waals surface area contributed by atoms with E-state index >= 15 is 0 Å². The zero-order valence-corrected chi connectivity index (χ0v) is 19.7. The number of fused-ring (bicyclic) bond motifs is 1. The normalized spacial score (nSPS) is 14.4. The van der Waals surface area contributed by atoms with Crippen molar-refractivity contribution in [1.29, 1.82) is 0 Å². The summed E-state index contributed by atoms with van der Waals surface area (Å²) in [6.45, 7) is 1.72. The van der Waals surface area contributed by atoms with Crippen molar-refractivity contribution in [3.63, 3.8) is 0 Å². The van der Waals surface area contributed by atoms with Crippen LogP contribution in [0, 0.1) is 10.1 Å².